The zero-order chi connectivity index (χ0) is 24.9. The Hall–Kier alpha value is -4.37. The molecule has 0 saturated heterocycles. The molecule has 5 aromatic heterocycles. The number of hydrogen-bond donors (Lipinski definition) is 3. The maximum atomic E-state index is 13.7. The number of para-hydroxylation sites is 1. The van der Waals surface area contributed by atoms with Crippen LogP contribution in [0.1, 0.15) is 19.3 Å². The molecule has 0 radical (unpaired) electrons. The third kappa shape index (κ3) is 3.88. The van der Waals surface area contributed by atoms with E-state index in [1.807, 2.05) is 30.3 Å². The van der Waals surface area contributed by atoms with E-state index in [9.17, 15) is 4.39 Å². The lowest BCUT2D eigenvalue weighted by Crippen LogP contribution is -2.18. The fraction of sp³-hybridized carbons (Fsp3) is 0.143. The van der Waals surface area contributed by atoms with Crippen molar-refractivity contribution in [2.75, 3.05) is 5.32 Å². The van der Waals surface area contributed by atoms with Crippen molar-refractivity contribution in [3.63, 3.8) is 0 Å². The van der Waals surface area contributed by atoms with E-state index in [0.717, 1.165) is 66.4 Å². The molecule has 1 aliphatic rings. The number of nitrogens with zero attached hydrogens (tertiary/aromatic N) is 4. The summed E-state index contributed by atoms with van der Waals surface area (Å²) in [6.45, 7) is 4.20. The van der Waals surface area contributed by atoms with Gasteiger partial charge in [0.25, 0.3) is 0 Å². The lowest BCUT2D eigenvalue weighted by Gasteiger charge is -2.28. The third-order valence-electron chi connectivity index (χ3n) is 6.96. The van der Waals surface area contributed by atoms with E-state index < -0.39 is 0 Å². The van der Waals surface area contributed by atoms with Crippen molar-refractivity contribution < 1.29 is 4.39 Å². The van der Waals surface area contributed by atoms with Crippen LogP contribution in [0.15, 0.2) is 73.3 Å². The number of thiophene rings is 1. The van der Waals surface area contributed by atoms with Crippen LogP contribution in [-0.2, 0) is 0 Å². The number of allylic oxidation sites excluding steroid dienone is 1. The number of nitrogens with one attached hydrogen (secondary N) is 3. The number of benzene rings is 1. The van der Waals surface area contributed by atoms with Crippen LogP contribution in [0.2, 0.25) is 0 Å². The van der Waals surface area contributed by atoms with Gasteiger partial charge < -0.3 is 10.3 Å². The quantitative estimate of drug-likeness (QED) is 0.222. The second-order valence-corrected chi connectivity index (χ2v) is 10.4. The summed E-state index contributed by atoms with van der Waals surface area (Å²) in [5.41, 5.74) is 7.65. The number of rotatable bonds is 6. The van der Waals surface area contributed by atoms with Crippen LogP contribution in [0.4, 0.5) is 10.1 Å². The predicted molar refractivity (Wildman–Crippen MR) is 146 cm³/mol. The molecule has 1 fully saturated rings. The topological polar surface area (TPSA) is 95.2 Å². The first-order valence-corrected chi connectivity index (χ1v) is 12.9. The molecule has 5 heterocycles. The molecule has 0 aliphatic heterocycles. The molecule has 1 saturated carbocycles. The zero-order valence-electron chi connectivity index (χ0n) is 19.8. The van der Waals surface area contributed by atoms with Crippen molar-refractivity contribution in [1.82, 2.24) is 30.1 Å². The van der Waals surface area contributed by atoms with E-state index in [-0.39, 0.29) is 5.13 Å². The molecule has 0 bridgehead atoms. The van der Waals surface area contributed by atoms with E-state index in [1.165, 1.54) is 25.3 Å². The van der Waals surface area contributed by atoms with Gasteiger partial charge in [0, 0.05) is 33.3 Å². The van der Waals surface area contributed by atoms with E-state index in [2.05, 4.69) is 37.0 Å². The van der Waals surface area contributed by atoms with Gasteiger partial charge >= 0.3 is 0 Å². The van der Waals surface area contributed by atoms with Crippen LogP contribution in [0, 0.1) is 11.0 Å². The summed E-state index contributed by atoms with van der Waals surface area (Å²) >= 11 is 1.11. The summed E-state index contributed by atoms with van der Waals surface area (Å²) in [7, 11) is 0. The molecule has 0 unspecified atom stereocenters. The van der Waals surface area contributed by atoms with Crippen LogP contribution < -0.4 is 5.32 Å². The van der Waals surface area contributed by atoms with Crippen molar-refractivity contribution in [2.45, 2.75) is 19.3 Å². The van der Waals surface area contributed by atoms with Crippen molar-refractivity contribution >= 4 is 39.0 Å². The van der Waals surface area contributed by atoms with Crippen molar-refractivity contribution in [1.29, 1.82) is 0 Å². The van der Waals surface area contributed by atoms with Crippen LogP contribution in [0.3, 0.4) is 0 Å². The molecule has 1 aliphatic carbocycles. The average Bonchev–Trinajstić information content (AvgIpc) is 3.60. The molecule has 0 spiro atoms. The molecule has 1 aromatic carbocycles. The van der Waals surface area contributed by atoms with Gasteiger partial charge in [0.2, 0.25) is 0 Å². The fourth-order valence-electron chi connectivity index (χ4n) is 4.75. The number of aromatic nitrogens is 6. The Kier molecular flexibility index (Phi) is 5.10. The summed E-state index contributed by atoms with van der Waals surface area (Å²) < 4.78 is 13.7. The smallest absolute Gasteiger partial charge is 0.176 e. The molecular formula is C28H22FN7S. The first-order valence-electron chi connectivity index (χ1n) is 12.1. The van der Waals surface area contributed by atoms with Crippen LogP contribution in [0.5, 0.6) is 0 Å². The highest BCUT2D eigenvalue weighted by molar-refractivity contribution is 7.14. The van der Waals surface area contributed by atoms with Gasteiger partial charge in [-0.3, -0.25) is 15.1 Å². The number of H-pyrrole nitrogens is 2. The lowest BCUT2D eigenvalue weighted by molar-refractivity contribution is 0.371. The fourth-order valence-corrected chi connectivity index (χ4v) is 5.51. The monoisotopic (exact) mass is 507 g/mol. The van der Waals surface area contributed by atoms with Gasteiger partial charge in [0.05, 0.1) is 40.3 Å². The van der Waals surface area contributed by atoms with Crippen molar-refractivity contribution in [2.24, 2.45) is 5.92 Å². The highest BCUT2D eigenvalue weighted by atomic mass is 32.1. The summed E-state index contributed by atoms with van der Waals surface area (Å²) in [5, 5.41) is 11.7. The number of fused-ring (bicyclic) bond motifs is 2. The molecule has 6 aromatic rings. The Labute approximate surface area is 215 Å². The van der Waals surface area contributed by atoms with E-state index in [4.69, 9.17) is 4.98 Å². The van der Waals surface area contributed by atoms with Gasteiger partial charge in [-0.1, -0.05) is 25.1 Å². The normalized spacial score (nSPS) is 13.8. The lowest BCUT2D eigenvalue weighted by atomic mass is 9.83. The molecule has 9 heteroatoms. The molecule has 37 heavy (non-hydrogen) atoms. The summed E-state index contributed by atoms with van der Waals surface area (Å²) in [6, 6.07) is 13.2. The maximum absolute atomic E-state index is 13.7. The molecular weight excluding hydrogens is 485 g/mol. The van der Waals surface area contributed by atoms with Gasteiger partial charge in [0.15, 0.2) is 11.0 Å². The SMILES string of the molecule is C=C(Nc1cncc(-c2cc3c(-c4nc5c(-c6ccc(F)s6)cccc5[nH]4)n[nH]c3cn2)c1)C1CCC1. The third-order valence-corrected chi connectivity index (χ3v) is 7.87. The molecule has 182 valence electrons. The Morgan fingerprint density at radius 1 is 1.08 bits per heavy atom. The molecule has 7 rings (SSSR count). The standard InChI is InChI=1S/C28H22FN7S/c1-15(16-4-2-5-16)32-18-10-17(12-30-13-18)22-11-20-23(14-31-22)35-36-27(20)28-33-21-7-3-6-19(26(21)34-28)24-8-9-25(29)37-24/h3,6-14,16,32H,1-2,4-5H2,(H,33,34)(H,35,36). The zero-order valence-corrected chi connectivity index (χ0v) is 20.6. The number of anilines is 1. The predicted octanol–water partition coefficient (Wildman–Crippen LogP) is 7.16. The highest BCUT2D eigenvalue weighted by Crippen LogP contribution is 2.36. The number of imidazole rings is 1. The number of halogens is 1. The minimum atomic E-state index is -0.220. The molecule has 7 nitrogen and oxygen atoms in total. The van der Waals surface area contributed by atoms with Crippen molar-refractivity contribution in [3.05, 3.63) is 78.5 Å². The Morgan fingerprint density at radius 3 is 2.81 bits per heavy atom. The van der Waals surface area contributed by atoms with Crippen LogP contribution in [-0.4, -0.2) is 30.1 Å². The first-order chi connectivity index (χ1) is 18.1. The van der Waals surface area contributed by atoms with Gasteiger partial charge in [-0.05, 0) is 49.1 Å². The summed E-state index contributed by atoms with van der Waals surface area (Å²) in [5.74, 6) is 1.17. The number of pyridine rings is 2. The molecule has 0 amide bonds. The highest BCUT2D eigenvalue weighted by Gasteiger charge is 2.21. The first kappa shape index (κ1) is 21.9. The Morgan fingerprint density at radius 2 is 2.00 bits per heavy atom. The van der Waals surface area contributed by atoms with E-state index >= 15 is 0 Å². The van der Waals surface area contributed by atoms with Gasteiger partial charge in [-0.25, -0.2) is 4.98 Å². The van der Waals surface area contributed by atoms with Crippen molar-refractivity contribution in [3.8, 4) is 33.2 Å². The number of hydrogen-bond acceptors (Lipinski definition) is 6. The van der Waals surface area contributed by atoms with E-state index in [0.29, 0.717) is 17.4 Å². The second kappa shape index (κ2) is 8.63. The maximum Gasteiger partial charge on any atom is 0.176 e. The Balaban J connectivity index is 1.26. The summed E-state index contributed by atoms with van der Waals surface area (Å²) in [4.78, 5) is 18.1. The second-order valence-electron chi connectivity index (χ2n) is 9.32. The minimum absolute atomic E-state index is 0.220. The molecule has 3 N–H and O–H groups in total. The largest absolute Gasteiger partial charge is 0.358 e. The average molecular weight is 508 g/mol. The van der Waals surface area contributed by atoms with Gasteiger partial charge in [0.1, 0.15) is 5.69 Å². The Bertz CT molecular complexity index is 1790. The number of aromatic amines is 2. The summed E-state index contributed by atoms with van der Waals surface area (Å²) in [6.07, 6.45) is 9.03. The van der Waals surface area contributed by atoms with Gasteiger partial charge in [-0.2, -0.15) is 9.49 Å². The van der Waals surface area contributed by atoms with E-state index in [1.54, 1.807) is 24.7 Å². The van der Waals surface area contributed by atoms with Gasteiger partial charge in [-0.15, -0.1) is 11.3 Å². The minimum Gasteiger partial charge on any atom is -0.358 e. The molecule has 0 atom stereocenters. The van der Waals surface area contributed by atoms with Crippen LogP contribution >= 0.6 is 11.3 Å². The van der Waals surface area contributed by atoms with Crippen LogP contribution in [0.25, 0.3) is 55.2 Å².